The Bertz CT molecular complexity index is 471. The molecule has 0 saturated carbocycles. The van der Waals surface area contributed by atoms with Crippen molar-refractivity contribution in [1.82, 2.24) is 4.98 Å². The Hall–Kier alpha value is -1.99. The summed E-state index contributed by atoms with van der Waals surface area (Å²) in [5, 5.41) is 10.9. The number of pyridine rings is 1. The second-order valence-corrected chi connectivity index (χ2v) is 4.20. The molecule has 0 unspecified atom stereocenters. The molecule has 2 N–H and O–H groups in total. The van der Waals surface area contributed by atoms with Crippen LogP contribution < -0.4 is 10.6 Å². The van der Waals surface area contributed by atoms with Gasteiger partial charge in [-0.1, -0.05) is 0 Å². The van der Waals surface area contributed by atoms with Crippen molar-refractivity contribution in [1.29, 1.82) is 0 Å². The number of anilines is 2. The van der Waals surface area contributed by atoms with Gasteiger partial charge in [-0.05, 0) is 0 Å². The number of piperidine rings is 1. The lowest BCUT2D eigenvalue weighted by atomic mass is 10.1. The van der Waals surface area contributed by atoms with Crippen LogP contribution in [0.2, 0.25) is 0 Å². The number of aromatic nitrogens is 1. The Morgan fingerprint density at radius 3 is 2.61 bits per heavy atom. The topological polar surface area (TPSA) is 85.3 Å². The van der Waals surface area contributed by atoms with Gasteiger partial charge in [0.2, 0.25) is 0 Å². The van der Waals surface area contributed by atoms with Crippen LogP contribution in [0.25, 0.3) is 0 Å². The molecular formula is C10H12F2N4O2. The second kappa shape index (κ2) is 4.35. The second-order valence-electron chi connectivity index (χ2n) is 4.20. The molecular weight excluding hydrogens is 246 g/mol. The van der Waals surface area contributed by atoms with Gasteiger partial charge in [-0.2, -0.15) is 0 Å². The molecule has 8 heteroatoms. The highest BCUT2D eigenvalue weighted by Crippen LogP contribution is 2.35. The van der Waals surface area contributed by atoms with Crippen LogP contribution in [-0.2, 0) is 0 Å². The van der Waals surface area contributed by atoms with Crippen molar-refractivity contribution in [3.05, 3.63) is 22.4 Å². The molecule has 6 nitrogen and oxygen atoms in total. The molecule has 18 heavy (non-hydrogen) atoms. The van der Waals surface area contributed by atoms with Crippen molar-refractivity contribution in [2.45, 2.75) is 18.8 Å². The number of hydrogen-bond donors (Lipinski definition) is 1. The Balaban J connectivity index is 2.28. The van der Waals surface area contributed by atoms with E-state index < -0.39 is 10.8 Å². The molecule has 1 aromatic rings. The average Bonchev–Trinajstić information content (AvgIpc) is 2.28. The lowest BCUT2D eigenvalue weighted by Crippen LogP contribution is -2.39. The van der Waals surface area contributed by atoms with Crippen molar-refractivity contribution in [3.8, 4) is 0 Å². The number of alkyl halides is 2. The number of nitro groups is 1. The fourth-order valence-electron chi connectivity index (χ4n) is 1.92. The SMILES string of the molecule is Nc1cc(N2CCC(F)(F)CC2)c([N+](=O)[O-])cn1. The molecule has 0 atom stereocenters. The summed E-state index contributed by atoms with van der Waals surface area (Å²) in [6.45, 7) is 0.134. The van der Waals surface area contributed by atoms with Crippen LogP contribution in [-0.4, -0.2) is 28.9 Å². The molecule has 0 amide bonds. The van der Waals surface area contributed by atoms with E-state index in [2.05, 4.69) is 4.98 Å². The number of halogens is 2. The summed E-state index contributed by atoms with van der Waals surface area (Å²) in [6, 6.07) is 1.35. The predicted molar refractivity (Wildman–Crippen MR) is 61.7 cm³/mol. The van der Waals surface area contributed by atoms with Gasteiger partial charge in [0.25, 0.3) is 5.92 Å². The summed E-state index contributed by atoms with van der Waals surface area (Å²) in [7, 11) is 0. The number of nitrogen functional groups attached to an aromatic ring is 1. The lowest BCUT2D eigenvalue weighted by Gasteiger charge is -2.32. The monoisotopic (exact) mass is 258 g/mol. The highest BCUT2D eigenvalue weighted by molar-refractivity contribution is 5.66. The van der Waals surface area contributed by atoms with E-state index in [-0.39, 0.29) is 43.1 Å². The Labute approximate surface area is 102 Å². The minimum atomic E-state index is -2.69. The Morgan fingerprint density at radius 2 is 2.06 bits per heavy atom. The van der Waals surface area contributed by atoms with Gasteiger partial charge in [0.15, 0.2) is 0 Å². The quantitative estimate of drug-likeness (QED) is 0.645. The summed E-state index contributed by atoms with van der Waals surface area (Å²) >= 11 is 0. The van der Waals surface area contributed by atoms with Crippen molar-refractivity contribution in [3.63, 3.8) is 0 Å². The van der Waals surface area contributed by atoms with Crippen LogP contribution in [0.15, 0.2) is 12.3 Å². The normalized spacial score (nSPS) is 18.7. The van der Waals surface area contributed by atoms with Crippen molar-refractivity contribution < 1.29 is 13.7 Å². The highest BCUT2D eigenvalue weighted by atomic mass is 19.3. The zero-order chi connectivity index (χ0) is 13.3. The van der Waals surface area contributed by atoms with Crippen molar-refractivity contribution in [2.75, 3.05) is 23.7 Å². The summed E-state index contributed by atoms with van der Waals surface area (Å²) in [5.74, 6) is -2.56. The molecule has 98 valence electrons. The van der Waals surface area contributed by atoms with Gasteiger partial charge in [0.05, 0.1) is 4.92 Å². The third kappa shape index (κ3) is 2.47. The van der Waals surface area contributed by atoms with E-state index in [1.807, 2.05) is 0 Å². The molecule has 0 radical (unpaired) electrons. The van der Waals surface area contributed by atoms with Crippen LogP contribution >= 0.6 is 0 Å². The molecule has 1 aliphatic rings. The van der Waals surface area contributed by atoms with Crippen molar-refractivity contribution in [2.24, 2.45) is 0 Å². The van der Waals surface area contributed by atoms with Gasteiger partial charge < -0.3 is 10.6 Å². The Kier molecular flexibility index (Phi) is 3.02. The minimum absolute atomic E-state index is 0.0668. The maximum atomic E-state index is 13.0. The highest BCUT2D eigenvalue weighted by Gasteiger charge is 2.35. The molecule has 0 bridgehead atoms. The third-order valence-electron chi connectivity index (χ3n) is 2.92. The minimum Gasteiger partial charge on any atom is -0.384 e. The summed E-state index contributed by atoms with van der Waals surface area (Å²) in [5.41, 5.74) is 5.52. The van der Waals surface area contributed by atoms with Crippen LogP contribution in [0.1, 0.15) is 12.8 Å². The van der Waals surface area contributed by atoms with Crippen LogP contribution in [0.5, 0.6) is 0 Å². The van der Waals surface area contributed by atoms with E-state index in [1.165, 1.54) is 6.07 Å². The zero-order valence-corrected chi connectivity index (χ0v) is 9.47. The molecule has 1 saturated heterocycles. The van der Waals surface area contributed by atoms with Gasteiger partial charge in [-0.25, -0.2) is 13.8 Å². The summed E-state index contributed by atoms with van der Waals surface area (Å²) in [4.78, 5) is 15.5. The molecule has 0 spiro atoms. The van der Waals surface area contributed by atoms with Gasteiger partial charge in [0, 0.05) is 32.0 Å². The molecule has 0 aliphatic carbocycles. The fraction of sp³-hybridized carbons (Fsp3) is 0.500. The first-order chi connectivity index (χ1) is 8.39. The van der Waals surface area contributed by atoms with E-state index in [4.69, 9.17) is 5.73 Å². The lowest BCUT2D eigenvalue weighted by molar-refractivity contribution is -0.384. The smallest absolute Gasteiger partial charge is 0.310 e. The maximum Gasteiger partial charge on any atom is 0.310 e. The van der Waals surface area contributed by atoms with Crippen LogP contribution in [0.3, 0.4) is 0 Å². The molecule has 1 aliphatic heterocycles. The molecule has 0 aromatic carbocycles. The molecule has 1 fully saturated rings. The first-order valence-electron chi connectivity index (χ1n) is 5.42. The van der Waals surface area contributed by atoms with E-state index in [0.717, 1.165) is 6.20 Å². The average molecular weight is 258 g/mol. The molecule has 2 heterocycles. The molecule has 2 rings (SSSR count). The number of hydrogen-bond acceptors (Lipinski definition) is 5. The van der Waals surface area contributed by atoms with E-state index in [9.17, 15) is 18.9 Å². The van der Waals surface area contributed by atoms with Crippen molar-refractivity contribution >= 4 is 17.2 Å². The standard InChI is InChI=1S/C10H12F2N4O2/c11-10(12)1-3-15(4-2-10)7-5-9(13)14-6-8(7)16(17)18/h5-6H,1-4H2,(H2,13,14). The van der Waals surface area contributed by atoms with Crippen LogP contribution in [0, 0.1) is 10.1 Å². The summed E-state index contributed by atoms with van der Waals surface area (Å²) in [6.07, 6.45) is 0.427. The van der Waals surface area contributed by atoms with Gasteiger partial charge in [-0.3, -0.25) is 10.1 Å². The van der Waals surface area contributed by atoms with Gasteiger partial charge in [0.1, 0.15) is 17.7 Å². The fourth-order valence-corrected chi connectivity index (χ4v) is 1.92. The first kappa shape index (κ1) is 12.5. The number of nitrogens with two attached hydrogens (primary N) is 1. The first-order valence-corrected chi connectivity index (χ1v) is 5.42. The summed E-state index contributed by atoms with van der Waals surface area (Å²) < 4.78 is 26.1. The third-order valence-corrected chi connectivity index (χ3v) is 2.92. The van der Waals surface area contributed by atoms with E-state index >= 15 is 0 Å². The van der Waals surface area contributed by atoms with Crippen LogP contribution in [0.4, 0.5) is 26.0 Å². The molecule has 1 aromatic heterocycles. The van der Waals surface area contributed by atoms with Gasteiger partial charge in [-0.15, -0.1) is 0 Å². The maximum absolute atomic E-state index is 13.0. The van der Waals surface area contributed by atoms with Gasteiger partial charge >= 0.3 is 5.69 Å². The van der Waals surface area contributed by atoms with E-state index in [0.29, 0.717) is 0 Å². The largest absolute Gasteiger partial charge is 0.384 e. The van der Waals surface area contributed by atoms with E-state index in [1.54, 1.807) is 4.90 Å². The number of rotatable bonds is 2. The predicted octanol–water partition coefficient (Wildman–Crippen LogP) is 1.81. The zero-order valence-electron chi connectivity index (χ0n) is 9.47. The number of nitrogens with zero attached hydrogens (tertiary/aromatic N) is 3. The Morgan fingerprint density at radius 1 is 1.44 bits per heavy atom.